The van der Waals surface area contributed by atoms with Crippen LogP contribution in [0.4, 0.5) is 5.69 Å². The molecule has 1 aliphatic heterocycles. The summed E-state index contributed by atoms with van der Waals surface area (Å²) in [6.45, 7) is 5.41. The number of carbonyl (C=O) groups is 1. The number of morpholine rings is 1. The highest BCUT2D eigenvalue weighted by Gasteiger charge is 2.29. The largest absolute Gasteiger partial charge is 0.388 e. The molecule has 1 fully saturated rings. The van der Waals surface area contributed by atoms with E-state index in [0.717, 1.165) is 17.7 Å². The Morgan fingerprint density at radius 1 is 1.42 bits per heavy atom. The van der Waals surface area contributed by atoms with Gasteiger partial charge in [0.15, 0.2) is 0 Å². The highest BCUT2D eigenvalue weighted by molar-refractivity contribution is 5.94. The first-order chi connectivity index (χ1) is 9.15. The van der Waals surface area contributed by atoms with Gasteiger partial charge in [-0.1, -0.05) is 6.92 Å². The lowest BCUT2D eigenvalue weighted by Gasteiger charge is -2.38. The van der Waals surface area contributed by atoms with Crippen molar-refractivity contribution in [1.29, 1.82) is 0 Å². The van der Waals surface area contributed by atoms with Gasteiger partial charge in [0.25, 0.3) is 5.91 Å². The van der Waals surface area contributed by atoms with E-state index < -0.39 is 0 Å². The zero-order valence-corrected chi connectivity index (χ0v) is 11.8. The predicted octanol–water partition coefficient (Wildman–Crippen LogP) is 2.37. The normalized spacial score (nSPS) is 23.2. The molecule has 0 aliphatic carbocycles. The van der Waals surface area contributed by atoms with Crippen molar-refractivity contribution in [3.63, 3.8) is 0 Å². The van der Waals surface area contributed by atoms with Crippen LogP contribution in [0.15, 0.2) is 24.3 Å². The third kappa shape index (κ3) is 3.07. The molecule has 1 aromatic rings. The fourth-order valence-corrected chi connectivity index (χ4v) is 2.38. The fourth-order valence-electron chi connectivity index (χ4n) is 2.38. The van der Waals surface area contributed by atoms with E-state index >= 15 is 0 Å². The van der Waals surface area contributed by atoms with Crippen molar-refractivity contribution in [3.8, 4) is 0 Å². The van der Waals surface area contributed by atoms with Gasteiger partial charge in [-0.2, -0.15) is 0 Å². The van der Waals surface area contributed by atoms with Crippen LogP contribution in [-0.4, -0.2) is 43.2 Å². The van der Waals surface area contributed by atoms with E-state index in [1.54, 1.807) is 0 Å². The molecule has 0 radical (unpaired) electrons. The Kier molecular flexibility index (Phi) is 4.43. The Balaban J connectivity index is 2.15. The highest BCUT2D eigenvalue weighted by atomic mass is 16.5. The van der Waals surface area contributed by atoms with Gasteiger partial charge in [0.05, 0.1) is 18.8 Å². The van der Waals surface area contributed by atoms with Crippen LogP contribution in [0.1, 0.15) is 30.6 Å². The number of ether oxygens (including phenoxy) is 1. The van der Waals surface area contributed by atoms with Crippen LogP contribution >= 0.6 is 0 Å². The zero-order chi connectivity index (χ0) is 13.8. The lowest BCUT2D eigenvalue weighted by Crippen LogP contribution is -2.51. The molecule has 1 aromatic carbocycles. The predicted molar refractivity (Wildman–Crippen MR) is 76.5 cm³/mol. The summed E-state index contributed by atoms with van der Waals surface area (Å²) in [6.07, 6.45) is 1.04. The van der Waals surface area contributed by atoms with Crippen LogP contribution in [0.25, 0.3) is 0 Å². The molecule has 0 spiro atoms. The number of rotatable bonds is 3. The molecule has 2 rings (SSSR count). The van der Waals surface area contributed by atoms with Gasteiger partial charge in [0.1, 0.15) is 0 Å². The summed E-state index contributed by atoms with van der Waals surface area (Å²) in [7, 11) is 1.87. The van der Waals surface area contributed by atoms with Crippen molar-refractivity contribution in [3.05, 3.63) is 29.8 Å². The Hall–Kier alpha value is -1.55. The van der Waals surface area contributed by atoms with Gasteiger partial charge < -0.3 is 15.0 Å². The third-order valence-corrected chi connectivity index (χ3v) is 3.62. The maximum absolute atomic E-state index is 12.6. The monoisotopic (exact) mass is 262 g/mol. The van der Waals surface area contributed by atoms with Crippen LogP contribution in [0.3, 0.4) is 0 Å². The van der Waals surface area contributed by atoms with Crippen LogP contribution in [-0.2, 0) is 4.74 Å². The molecule has 0 aromatic heterocycles. The first-order valence-corrected chi connectivity index (χ1v) is 6.86. The molecule has 4 heteroatoms. The number of hydrogen-bond acceptors (Lipinski definition) is 3. The summed E-state index contributed by atoms with van der Waals surface area (Å²) in [6, 6.07) is 7.80. The number of carbonyl (C=O) groups excluding carboxylic acids is 1. The summed E-state index contributed by atoms with van der Waals surface area (Å²) in [5.74, 6) is 0.102. The van der Waals surface area contributed by atoms with E-state index in [1.165, 1.54) is 0 Å². The minimum Gasteiger partial charge on any atom is -0.388 e. The first-order valence-electron chi connectivity index (χ1n) is 6.86. The highest BCUT2D eigenvalue weighted by Crippen LogP contribution is 2.18. The second-order valence-corrected chi connectivity index (χ2v) is 4.99. The Morgan fingerprint density at radius 2 is 2.11 bits per heavy atom. The molecule has 104 valence electrons. The van der Waals surface area contributed by atoms with Gasteiger partial charge in [-0.15, -0.1) is 0 Å². The Labute approximate surface area is 114 Å². The van der Waals surface area contributed by atoms with Gasteiger partial charge in [-0.25, -0.2) is 0 Å². The molecule has 4 nitrogen and oxygen atoms in total. The van der Waals surface area contributed by atoms with E-state index in [9.17, 15) is 4.79 Å². The zero-order valence-electron chi connectivity index (χ0n) is 11.8. The Bertz CT molecular complexity index is 430. The number of benzene rings is 1. The van der Waals surface area contributed by atoms with Gasteiger partial charge in [-0.05, 0) is 37.6 Å². The SMILES string of the molecule is CCC1COC(C)CN1C(=O)c1ccc(NC)cc1. The van der Waals surface area contributed by atoms with Crippen molar-refractivity contribution >= 4 is 11.6 Å². The maximum Gasteiger partial charge on any atom is 0.254 e. The average Bonchev–Trinajstić information content (AvgIpc) is 2.46. The van der Waals surface area contributed by atoms with Crippen molar-refractivity contribution in [1.82, 2.24) is 4.90 Å². The summed E-state index contributed by atoms with van der Waals surface area (Å²) in [5.41, 5.74) is 1.76. The molecule has 19 heavy (non-hydrogen) atoms. The van der Waals surface area contributed by atoms with E-state index in [-0.39, 0.29) is 18.1 Å². The second-order valence-electron chi connectivity index (χ2n) is 4.99. The molecule has 1 amide bonds. The fraction of sp³-hybridized carbons (Fsp3) is 0.533. The standard InChI is InChI=1S/C15H22N2O2/c1-4-14-10-19-11(2)9-17(14)15(18)12-5-7-13(16-3)8-6-12/h5-8,11,14,16H,4,9-10H2,1-3H3. The molecule has 1 heterocycles. The molecule has 2 unspecified atom stereocenters. The minimum atomic E-state index is 0.102. The van der Waals surface area contributed by atoms with Crippen molar-refractivity contribution in [2.24, 2.45) is 0 Å². The van der Waals surface area contributed by atoms with Crippen LogP contribution in [0.5, 0.6) is 0 Å². The van der Waals surface area contributed by atoms with Crippen LogP contribution in [0.2, 0.25) is 0 Å². The summed E-state index contributed by atoms with van der Waals surface area (Å²) in [5, 5.41) is 3.05. The maximum atomic E-state index is 12.6. The molecule has 1 aliphatic rings. The molecule has 1 saturated heterocycles. The number of hydrogen-bond donors (Lipinski definition) is 1. The molecule has 0 bridgehead atoms. The second kappa shape index (κ2) is 6.06. The van der Waals surface area contributed by atoms with Crippen molar-refractivity contribution < 1.29 is 9.53 Å². The average molecular weight is 262 g/mol. The van der Waals surface area contributed by atoms with E-state index in [4.69, 9.17) is 4.74 Å². The summed E-state index contributed by atoms with van der Waals surface area (Å²) >= 11 is 0. The van der Waals surface area contributed by atoms with Gasteiger partial charge in [-0.3, -0.25) is 4.79 Å². The quantitative estimate of drug-likeness (QED) is 0.909. The van der Waals surface area contributed by atoms with Crippen LogP contribution < -0.4 is 5.32 Å². The Morgan fingerprint density at radius 3 is 2.68 bits per heavy atom. The van der Waals surface area contributed by atoms with Gasteiger partial charge in [0.2, 0.25) is 0 Å². The molecule has 2 atom stereocenters. The van der Waals surface area contributed by atoms with E-state index in [0.29, 0.717) is 13.2 Å². The van der Waals surface area contributed by atoms with Gasteiger partial charge in [0, 0.05) is 24.8 Å². The molecular formula is C15H22N2O2. The number of nitrogens with one attached hydrogen (secondary N) is 1. The number of amides is 1. The summed E-state index contributed by atoms with van der Waals surface area (Å²) < 4.78 is 5.63. The lowest BCUT2D eigenvalue weighted by molar-refractivity contribution is -0.0444. The number of nitrogens with zero attached hydrogens (tertiary/aromatic N) is 1. The topological polar surface area (TPSA) is 41.6 Å². The van der Waals surface area contributed by atoms with Crippen molar-refractivity contribution in [2.75, 3.05) is 25.5 Å². The van der Waals surface area contributed by atoms with Gasteiger partial charge >= 0.3 is 0 Å². The van der Waals surface area contributed by atoms with E-state index in [1.807, 2.05) is 43.1 Å². The molecule has 1 N–H and O–H groups in total. The van der Waals surface area contributed by atoms with Crippen molar-refractivity contribution in [2.45, 2.75) is 32.4 Å². The third-order valence-electron chi connectivity index (χ3n) is 3.62. The smallest absolute Gasteiger partial charge is 0.254 e. The number of anilines is 1. The molecule has 0 saturated carbocycles. The summed E-state index contributed by atoms with van der Waals surface area (Å²) in [4.78, 5) is 14.5. The lowest BCUT2D eigenvalue weighted by atomic mass is 10.1. The molecular weight excluding hydrogens is 240 g/mol. The van der Waals surface area contributed by atoms with Crippen LogP contribution in [0, 0.1) is 0 Å². The van der Waals surface area contributed by atoms with E-state index in [2.05, 4.69) is 12.2 Å². The first kappa shape index (κ1) is 13.9. The minimum absolute atomic E-state index is 0.102.